The highest BCUT2D eigenvalue weighted by Gasteiger charge is 2.54. The van der Waals surface area contributed by atoms with Crippen LogP contribution in [0.25, 0.3) is 0 Å². The van der Waals surface area contributed by atoms with Crippen molar-refractivity contribution in [2.75, 3.05) is 7.05 Å². The third-order valence-corrected chi connectivity index (χ3v) is 6.50. The molecule has 184 valence electrons. The van der Waals surface area contributed by atoms with Crippen LogP contribution in [0.1, 0.15) is 35.3 Å². The maximum Gasteiger partial charge on any atom is 0.416 e. The molecule has 9 nitrogen and oxygen atoms in total. The second-order valence-electron chi connectivity index (χ2n) is 8.66. The Kier molecular flexibility index (Phi) is 5.50. The van der Waals surface area contributed by atoms with Crippen molar-refractivity contribution >= 4 is 5.84 Å². The number of hydrazine groups is 2. The molecule has 2 aromatic rings. The number of amidine groups is 1. The fraction of sp³-hybridized carbons (Fsp3) is 0.500. The molecule has 0 unspecified atom stereocenters. The summed E-state index contributed by atoms with van der Waals surface area (Å²) >= 11 is 0. The van der Waals surface area contributed by atoms with Crippen LogP contribution in [-0.4, -0.2) is 56.7 Å². The first-order chi connectivity index (χ1) is 16.0. The van der Waals surface area contributed by atoms with Crippen molar-refractivity contribution in [3.8, 4) is 0 Å². The molecule has 1 saturated heterocycles. The first-order valence-electron chi connectivity index (χ1n) is 10.6. The summed E-state index contributed by atoms with van der Waals surface area (Å²) in [4.78, 5) is 6.20. The molecule has 5 rings (SSSR count). The number of benzene rings is 1. The standard InChI is InChI=1S/C20H23F5N8O/c1-31-15-8-33(7-13(15)27-18(31)19-28-29-30-32(19)2)14-6-12(26)16(34-17(14)20(23,24)25)10-5-9(21)3-4-11(10)22/h3-5,12,14,16-17,29-30H,6-8,26H2,1-2H3/t12-,14+,16+,17-/m0/s1. The van der Waals surface area contributed by atoms with Gasteiger partial charge in [-0.3, -0.25) is 9.91 Å². The van der Waals surface area contributed by atoms with Crippen molar-refractivity contribution < 1.29 is 26.7 Å². The number of imidazole rings is 1. The van der Waals surface area contributed by atoms with Gasteiger partial charge in [0, 0.05) is 44.8 Å². The monoisotopic (exact) mass is 486 g/mol. The number of alkyl halides is 3. The summed E-state index contributed by atoms with van der Waals surface area (Å²) in [5.41, 5.74) is 12.6. The van der Waals surface area contributed by atoms with Crippen molar-refractivity contribution in [1.82, 2.24) is 30.5 Å². The molecule has 4 atom stereocenters. The normalized spacial score (nSPS) is 27.6. The predicted molar refractivity (Wildman–Crippen MR) is 109 cm³/mol. The summed E-state index contributed by atoms with van der Waals surface area (Å²) in [7, 11) is 3.52. The van der Waals surface area contributed by atoms with E-state index in [4.69, 9.17) is 10.5 Å². The van der Waals surface area contributed by atoms with Gasteiger partial charge in [0.15, 0.2) is 11.9 Å². The zero-order chi connectivity index (χ0) is 24.4. The molecule has 4 N–H and O–H groups in total. The lowest BCUT2D eigenvalue weighted by atomic mass is 9.89. The van der Waals surface area contributed by atoms with Crippen LogP contribution < -0.4 is 16.8 Å². The number of hydrazone groups is 1. The molecular weight excluding hydrogens is 463 g/mol. The SMILES string of the molecule is CN1NNN=C1c1nc2c(n1C)CN([C@@H]1C[C@H](N)[C@@H](c3cc(F)ccc3F)O[C@@H]1C(F)(F)F)C2. The summed E-state index contributed by atoms with van der Waals surface area (Å²) in [5, 5.41) is 5.75. The molecule has 0 radical (unpaired) electrons. The van der Waals surface area contributed by atoms with E-state index >= 15 is 0 Å². The van der Waals surface area contributed by atoms with Crippen LogP contribution in [0.2, 0.25) is 0 Å². The molecule has 0 amide bonds. The minimum atomic E-state index is -4.74. The van der Waals surface area contributed by atoms with Gasteiger partial charge in [0.05, 0.1) is 11.4 Å². The minimum absolute atomic E-state index is 0.116. The van der Waals surface area contributed by atoms with E-state index in [0.29, 0.717) is 17.4 Å². The van der Waals surface area contributed by atoms with Gasteiger partial charge in [0.1, 0.15) is 17.7 Å². The van der Waals surface area contributed by atoms with Crippen LogP contribution in [-0.2, 0) is 24.9 Å². The third-order valence-electron chi connectivity index (χ3n) is 6.50. The van der Waals surface area contributed by atoms with Crippen molar-refractivity contribution in [3.05, 3.63) is 52.6 Å². The number of rotatable bonds is 3. The van der Waals surface area contributed by atoms with E-state index < -0.39 is 42.1 Å². The van der Waals surface area contributed by atoms with E-state index in [1.807, 2.05) is 0 Å². The van der Waals surface area contributed by atoms with Crippen molar-refractivity contribution in [3.63, 3.8) is 0 Å². The molecule has 0 saturated carbocycles. The van der Waals surface area contributed by atoms with E-state index in [2.05, 4.69) is 21.2 Å². The summed E-state index contributed by atoms with van der Waals surface area (Å²) in [6.07, 6.45) is -8.51. The predicted octanol–water partition coefficient (Wildman–Crippen LogP) is 1.42. The Morgan fingerprint density at radius 2 is 1.94 bits per heavy atom. The number of hydrogen-bond acceptors (Lipinski definition) is 8. The van der Waals surface area contributed by atoms with Gasteiger partial charge in [-0.1, -0.05) is 0 Å². The highest BCUT2D eigenvalue weighted by Crippen LogP contribution is 2.42. The molecule has 3 aliphatic rings. The van der Waals surface area contributed by atoms with Gasteiger partial charge in [0.2, 0.25) is 5.84 Å². The Hall–Kier alpha value is -2.81. The van der Waals surface area contributed by atoms with Crippen molar-refractivity contribution in [2.45, 2.75) is 50.0 Å². The van der Waals surface area contributed by atoms with Crippen molar-refractivity contribution in [2.24, 2.45) is 17.9 Å². The van der Waals surface area contributed by atoms with Gasteiger partial charge < -0.3 is 15.0 Å². The number of fused-ring (bicyclic) bond motifs is 1. The molecule has 1 aromatic heterocycles. The van der Waals surface area contributed by atoms with Crippen LogP contribution in [0, 0.1) is 11.6 Å². The third kappa shape index (κ3) is 3.79. The first kappa shape index (κ1) is 23.0. The highest BCUT2D eigenvalue weighted by atomic mass is 19.4. The molecule has 0 bridgehead atoms. The van der Waals surface area contributed by atoms with E-state index in [0.717, 1.165) is 23.9 Å². The summed E-state index contributed by atoms with van der Waals surface area (Å²) in [5.74, 6) is -0.539. The van der Waals surface area contributed by atoms with Crippen LogP contribution in [0.5, 0.6) is 0 Å². The fourth-order valence-corrected chi connectivity index (χ4v) is 4.82. The van der Waals surface area contributed by atoms with Gasteiger partial charge >= 0.3 is 6.18 Å². The molecule has 0 aliphatic carbocycles. The maximum absolute atomic E-state index is 14.3. The van der Waals surface area contributed by atoms with Gasteiger partial charge in [-0.25, -0.2) is 19.3 Å². The van der Waals surface area contributed by atoms with E-state index in [1.165, 1.54) is 0 Å². The van der Waals surface area contributed by atoms with Gasteiger partial charge in [0.25, 0.3) is 0 Å². The summed E-state index contributed by atoms with van der Waals surface area (Å²) < 4.78 is 77.3. The number of ether oxygens (including phenoxy) is 1. The highest BCUT2D eigenvalue weighted by molar-refractivity contribution is 5.96. The molecular formula is C20H23F5N8O. The van der Waals surface area contributed by atoms with Crippen LogP contribution in [0.15, 0.2) is 23.3 Å². The Morgan fingerprint density at radius 1 is 1.18 bits per heavy atom. The number of nitrogens with two attached hydrogens (primary N) is 1. The van der Waals surface area contributed by atoms with E-state index in [-0.39, 0.29) is 25.1 Å². The molecule has 0 spiro atoms. The number of nitrogens with zero attached hydrogens (tertiary/aromatic N) is 5. The molecule has 14 heteroatoms. The second-order valence-corrected chi connectivity index (χ2v) is 8.66. The molecule has 3 aliphatic heterocycles. The number of hydrogen-bond donors (Lipinski definition) is 3. The zero-order valence-corrected chi connectivity index (χ0v) is 18.3. The summed E-state index contributed by atoms with van der Waals surface area (Å²) in [6.45, 7) is 0.357. The average molecular weight is 486 g/mol. The Bertz CT molecular complexity index is 1130. The smallest absolute Gasteiger partial charge is 0.357 e. The summed E-state index contributed by atoms with van der Waals surface area (Å²) in [6, 6.07) is 0.492. The minimum Gasteiger partial charge on any atom is -0.357 e. The van der Waals surface area contributed by atoms with Gasteiger partial charge in [-0.05, 0) is 24.6 Å². The first-order valence-corrected chi connectivity index (χ1v) is 10.6. The topological polar surface area (TPSA) is 96.0 Å². The molecule has 1 fully saturated rings. The largest absolute Gasteiger partial charge is 0.416 e. The number of aromatic nitrogens is 2. The lowest BCUT2D eigenvalue weighted by Gasteiger charge is -2.44. The van der Waals surface area contributed by atoms with Crippen LogP contribution >= 0.6 is 0 Å². The van der Waals surface area contributed by atoms with Gasteiger partial charge in [-0.2, -0.15) is 13.2 Å². The molecule has 4 heterocycles. The lowest BCUT2D eigenvalue weighted by Crippen LogP contribution is -2.58. The average Bonchev–Trinajstić information content (AvgIpc) is 3.45. The second kappa shape index (κ2) is 8.15. The lowest BCUT2D eigenvalue weighted by molar-refractivity contribution is -0.269. The zero-order valence-electron chi connectivity index (χ0n) is 18.3. The van der Waals surface area contributed by atoms with E-state index in [9.17, 15) is 22.0 Å². The number of nitrogens with one attached hydrogen (secondary N) is 2. The quantitative estimate of drug-likeness (QED) is 0.565. The Morgan fingerprint density at radius 3 is 2.59 bits per heavy atom. The van der Waals surface area contributed by atoms with Gasteiger partial charge in [-0.15, -0.1) is 10.6 Å². The Balaban J connectivity index is 1.40. The Labute approximate surface area is 191 Å². The molecule has 34 heavy (non-hydrogen) atoms. The number of halogens is 5. The van der Waals surface area contributed by atoms with Crippen LogP contribution in [0.3, 0.4) is 0 Å². The van der Waals surface area contributed by atoms with Crippen LogP contribution in [0.4, 0.5) is 22.0 Å². The van der Waals surface area contributed by atoms with Crippen molar-refractivity contribution in [1.29, 1.82) is 0 Å². The van der Waals surface area contributed by atoms with E-state index in [1.54, 1.807) is 28.6 Å². The maximum atomic E-state index is 14.3. The molecule has 1 aromatic carbocycles. The fourth-order valence-electron chi connectivity index (χ4n) is 4.82.